The van der Waals surface area contributed by atoms with E-state index in [2.05, 4.69) is 21.2 Å². The molecule has 1 amide bonds. The van der Waals surface area contributed by atoms with Crippen LogP contribution in [0, 0.1) is 0 Å². The molecular formula is C19H19BrClNO3S. The monoisotopic (exact) mass is 455 g/mol. The number of carbonyl (C=O) groups is 1. The molecule has 1 fully saturated rings. The summed E-state index contributed by atoms with van der Waals surface area (Å²) in [7, 11) is -3.51. The van der Waals surface area contributed by atoms with Crippen LogP contribution in [-0.2, 0) is 20.2 Å². The van der Waals surface area contributed by atoms with Crippen LogP contribution >= 0.6 is 27.5 Å². The Labute approximate surface area is 167 Å². The lowest BCUT2D eigenvalue weighted by Crippen LogP contribution is -2.51. The Morgan fingerprint density at radius 2 is 1.85 bits per heavy atom. The minimum Gasteiger partial charge on any atom is -0.347 e. The Hall–Kier alpha value is -1.37. The summed E-state index contributed by atoms with van der Waals surface area (Å²) in [5.74, 6) is -0.475. The van der Waals surface area contributed by atoms with Crippen molar-refractivity contribution in [2.24, 2.45) is 0 Å². The van der Waals surface area contributed by atoms with Crippen LogP contribution in [0.1, 0.15) is 31.2 Å². The van der Waals surface area contributed by atoms with Crippen LogP contribution in [0.2, 0.25) is 5.02 Å². The van der Waals surface area contributed by atoms with Gasteiger partial charge in [0.25, 0.3) is 0 Å². The molecule has 0 unspecified atom stereocenters. The SMILES string of the molecule is O=C(CCS(=O)(=O)c1ccc(Cl)cc1)NC1(c2cccc(Br)c2)CCC1. The van der Waals surface area contributed by atoms with E-state index in [1.165, 1.54) is 24.3 Å². The van der Waals surface area contributed by atoms with Crippen LogP contribution < -0.4 is 5.32 Å². The summed E-state index contributed by atoms with van der Waals surface area (Å²) in [6.07, 6.45) is 2.69. The molecule has 26 heavy (non-hydrogen) atoms. The highest BCUT2D eigenvalue weighted by atomic mass is 79.9. The molecule has 7 heteroatoms. The second-order valence-electron chi connectivity index (χ2n) is 6.52. The van der Waals surface area contributed by atoms with Crippen molar-refractivity contribution in [3.05, 3.63) is 63.6 Å². The minimum atomic E-state index is -3.51. The van der Waals surface area contributed by atoms with Gasteiger partial charge in [-0.25, -0.2) is 8.42 Å². The predicted octanol–water partition coefficient (Wildman–Crippen LogP) is 4.46. The van der Waals surface area contributed by atoms with Crippen molar-refractivity contribution in [1.82, 2.24) is 5.32 Å². The molecule has 138 valence electrons. The highest BCUT2D eigenvalue weighted by Crippen LogP contribution is 2.42. The lowest BCUT2D eigenvalue weighted by molar-refractivity contribution is -0.124. The molecule has 0 spiro atoms. The van der Waals surface area contributed by atoms with E-state index in [-0.39, 0.29) is 28.5 Å². The zero-order valence-corrected chi connectivity index (χ0v) is 17.2. The van der Waals surface area contributed by atoms with Crippen molar-refractivity contribution in [2.45, 2.75) is 36.1 Å². The van der Waals surface area contributed by atoms with Crippen molar-refractivity contribution >= 4 is 43.3 Å². The molecule has 0 atom stereocenters. The van der Waals surface area contributed by atoms with Crippen LogP contribution in [0.5, 0.6) is 0 Å². The van der Waals surface area contributed by atoms with E-state index in [0.717, 1.165) is 29.3 Å². The molecule has 1 aliphatic carbocycles. The van der Waals surface area contributed by atoms with Gasteiger partial charge in [-0.15, -0.1) is 0 Å². The largest absolute Gasteiger partial charge is 0.347 e. The maximum Gasteiger partial charge on any atom is 0.221 e. The van der Waals surface area contributed by atoms with Gasteiger partial charge in [-0.1, -0.05) is 39.7 Å². The standard InChI is InChI=1S/C19H19BrClNO3S/c20-15-4-1-3-14(13-15)19(10-2-11-19)22-18(23)9-12-26(24,25)17-7-5-16(21)6-8-17/h1,3-8,13H,2,9-12H2,(H,22,23). The molecule has 3 rings (SSSR count). The maximum absolute atomic E-state index is 12.4. The molecule has 0 saturated heterocycles. The number of carbonyl (C=O) groups excluding carboxylic acids is 1. The van der Waals surface area contributed by atoms with E-state index < -0.39 is 9.84 Å². The van der Waals surface area contributed by atoms with Gasteiger partial charge in [-0.3, -0.25) is 4.79 Å². The highest BCUT2D eigenvalue weighted by molar-refractivity contribution is 9.10. The van der Waals surface area contributed by atoms with E-state index in [0.29, 0.717) is 5.02 Å². The van der Waals surface area contributed by atoms with Gasteiger partial charge < -0.3 is 5.32 Å². The molecule has 2 aromatic carbocycles. The smallest absolute Gasteiger partial charge is 0.221 e. The summed E-state index contributed by atoms with van der Waals surface area (Å²) in [4.78, 5) is 12.6. The van der Waals surface area contributed by atoms with Crippen LogP contribution in [-0.4, -0.2) is 20.1 Å². The quantitative estimate of drug-likeness (QED) is 0.698. The zero-order valence-electron chi connectivity index (χ0n) is 14.0. The minimum absolute atomic E-state index is 0.0687. The molecule has 1 aliphatic rings. The lowest BCUT2D eigenvalue weighted by Gasteiger charge is -2.43. The van der Waals surface area contributed by atoms with Crippen LogP contribution in [0.4, 0.5) is 0 Å². The predicted molar refractivity (Wildman–Crippen MR) is 106 cm³/mol. The number of sulfone groups is 1. The topological polar surface area (TPSA) is 63.2 Å². The number of amides is 1. The molecule has 2 aromatic rings. The Kier molecular flexibility index (Phi) is 5.75. The summed E-state index contributed by atoms with van der Waals surface area (Å²) < 4.78 is 25.7. The third-order valence-corrected chi connectivity index (χ3v) is 7.21. The number of hydrogen-bond donors (Lipinski definition) is 1. The molecule has 0 bridgehead atoms. The first-order valence-electron chi connectivity index (χ1n) is 8.36. The number of rotatable bonds is 6. The van der Waals surface area contributed by atoms with Gasteiger partial charge in [0, 0.05) is 15.9 Å². The van der Waals surface area contributed by atoms with Gasteiger partial charge in [0.2, 0.25) is 5.91 Å². The van der Waals surface area contributed by atoms with E-state index in [1.54, 1.807) is 0 Å². The molecule has 0 aromatic heterocycles. The summed E-state index contributed by atoms with van der Waals surface area (Å²) >= 11 is 9.25. The van der Waals surface area contributed by atoms with Crippen molar-refractivity contribution < 1.29 is 13.2 Å². The first-order valence-corrected chi connectivity index (χ1v) is 11.2. The van der Waals surface area contributed by atoms with Crippen LogP contribution in [0.15, 0.2) is 57.9 Å². The summed E-state index contributed by atoms with van der Waals surface area (Å²) in [6.45, 7) is 0. The van der Waals surface area contributed by atoms with E-state index >= 15 is 0 Å². The summed E-state index contributed by atoms with van der Waals surface area (Å²) in [6, 6.07) is 13.9. The molecule has 4 nitrogen and oxygen atoms in total. The molecule has 1 saturated carbocycles. The van der Waals surface area contributed by atoms with E-state index in [1.807, 2.05) is 24.3 Å². The fraction of sp³-hybridized carbons (Fsp3) is 0.316. The van der Waals surface area contributed by atoms with Gasteiger partial charge in [-0.2, -0.15) is 0 Å². The number of hydrogen-bond acceptors (Lipinski definition) is 3. The van der Waals surface area contributed by atoms with Crippen molar-refractivity contribution in [1.29, 1.82) is 0 Å². The van der Waals surface area contributed by atoms with E-state index in [4.69, 9.17) is 11.6 Å². The molecule has 1 N–H and O–H groups in total. The third kappa shape index (κ3) is 4.30. The molecule has 0 radical (unpaired) electrons. The van der Waals surface area contributed by atoms with Crippen LogP contribution in [0.25, 0.3) is 0 Å². The average Bonchev–Trinajstić information content (AvgIpc) is 2.57. The molecule has 0 heterocycles. The molecule has 0 aliphatic heterocycles. The maximum atomic E-state index is 12.4. The number of benzene rings is 2. The summed E-state index contributed by atoms with van der Waals surface area (Å²) in [5.41, 5.74) is 0.664. The lowest BCUT2D eigenvalue weighted by atomic mass is 9.71. The zero-order chi connectivity index (χ0) is 18.8. The van der Waals surface area contributed by atoms with Crippen LogP contribution in [0.3, 0.4) is 0 Å². The van der Waals surface area contributed by atoms with Crippen molar-refractivity contribution in [3.63, 3.8) is 0 Å². The highest BCUT2D eigenvalue weighted by Gasteiger charge is 2.40. The average molecular weight is 457 g/mol. The normalized spacial score (nSPS) is 15.9. The summed E-state index contributed by atoms with van der Waals surface area (Å²) in [5, 5.41) is 3.54. The van der Waals surface area contributed by atoms with Gasteiger partial charge in [0.05, 0.1) is 16.2 Å². The first kappa shape index (κ1) is 19.4. The number of halogens is 2. The number of nitrogens with one attached hydrogen (secondary N) is 1. The van der Waals surface area contributed by atoms with Gasteiger partial charge in [0.1, 0.15) is 0 Å². The Morgan fingerprint density at radius 3 is 2.42 bits per heavy atom. The van der Waals surface area contributed by atoms with Gasteiger partial charge in [0.15, 0.2) is 9.84 Å². The Bertz CT molecular complexity index is 909. The molecular weight excluding hydrogens is 438 g/mol. The van der Waals surface area contributed by atoms with Gasteiger partial charge in [-0.05, 0) is 61.2 Å². The second-order valence-corrected chi connectivity index (χ2v) is 9.98. The van der Waals surface area contributed by atoms with E-state index in [9.17, 15) is 13.2 Å². The fourth-order valence-electron chi connectivity index (χ4n) is 3.12. The fourth-order valence-corrected chi connectivity index (χ4v) is 4.88. The Morgan fingerprint density at radius 1 is 1.15 bits per heavy atom. The second kappa shape index (κ2) is 7.71. The third-order valence-electron chi connectivity index (χ3n) is 4.73. The first-order chi connectivity index (χ1) is 12.3. The Balaban J connectivity index is 1.66. The van der Waals surface area contributed by atoms with Crippen molar-refractivity contribution in [2.75, 3.05) is 5.75 Å². The van der Waals surface area contributed by atoms with Gasteiger partial charge >= 0.3 is 0 Å². The van der Waals surface area contributed by atoms with Crippen molar-refractivity contribution in [3.8, 4) is 0 Å².